The molecular formula is C14H18F2N2O3. The molecule has 7 heteroatoms. The van der Waals surface area contributed by atoms with E-state index in [0.29, 0.717) is 6.42 Å². The minimum absolute atomic E-state index is 0.0433. The minimum atomic E-state index is -0.879. The van der Waals surface area contributed by atoms with Crippen LogP contribution in [0.25, 0.3) is 0 Å². The lowest BCUT2D eigenvalue weighted by Gasteiger charge is -2.28. The third-order valence-corrected chi connectivity index (χ3v) is 3.60. The first-order valence-corrected chi connectivity index (χ1v) is 6.71. The Kier molecular flexibility index (Phi) is 4.95. The van der Waals surface area contributed by atoms with Crippen LogP contribution in [0.1, 0.15) is 31.2 Å². The molecule has 2 rings (SSSR count). The van der Waals surface area contributed by atoms with Gasteiger partial charge in [-0.2, -0.15) is 0 Å². The first-order chi connectivity index (χ1) is 10.0. The fraction of sp³-hybridized carbons (Fsp3) is 0.500. The highest BCUT2D eigenvalue weighted by Gasteiger charge is 2.25. The second kappa shape index (κ2) is 6.71. The normalized spacial score (nSPS) is 23.1. The van der Waals surface area contributed by atoms with Crippen molar-refractivity contribution in [2.45, 2.75) is 37.9 Å². The van der Waals surface area contributed by atoms with E-state index in [-0.39, 0.29) is 23.6 Å². The van der Waals surface area contributed by atoms with Gasteiger partial charge in [-0.25, -0.2) is 8.78 Å². The molecule has 1 aliphatic rings. The molecule has 2 unspecified atom stereocenters. The molecule has 0 radical (unpaired) electrons. The molecule has 0 heterocycles. The number of hydrogen-bond donors (Lipinski definition) is 2. The Hall–Kier alpha value is -1.89. The Morgan fingerprint density at radius 2 is 1.90 bits per heavy atom. The first kappa shape index (κ1) is 15.5. The van der Waals surface area contributed by atoms with Crippen molar-refractivity contribution >= 4 is 5.84 Å². The van der Waals surface area contributed by atoms with Crippen molar-refractivity contribution in [3.63, 3.8) is 0 Å². The van der Waals surface area contributed by atoms with Crippen molar-refractivity contribution < 1.29 is 23.5 Å². The van der Waals surface area contributed by atoms with Gasteiger partial charge < -0.3 is 20.4 Å². The number of nitrogens with zero attached hydrogens (tertiary/aromatic N) is 1. The number of benzene rings is 1. The van der Waals surface area contributed by atoms with Gasteiger partial charge in [-0.3, -0.25) is 0 Å². The van der Waals surface area contributed by atoms with Gasteiger partial charge in [0.25, 0.3) is 0 Å². The topological polar surface area (TPSA) is 77.1 Å². The number of oxime groups is 1. The summed E-state index contributed by atoms with van der Waals surface area (Å²) in [6, 6.07) is 1.95. The van der Waals surface area contributed by atoms with Crippen LogP contribution in [0.4, 0.5) is 8.78 Å². The zero-order valence-corrected chi connectivity index (χ0v) is 11.7. The monoisotopic (exact) mass is 300 g/mol. The highest BCUT2D eigenvalue weighted by molar-refractivity contribution is 5.97. The largest absolute Gasteiger partial charge is 0.484 e. The average Bonchev–Trinajstić information content (AvgIpc) is 2.50. The summed E-state index contributed by atoms with van der Waals surface area (Å²) >= 11 is 0. The van der Waals surface area contributed by atoms with Crippen LogP contribution >= 0.6 is 0 Å². The third kappa shape index (κ3) is 3.60. The van der Waals surface area contributed by atoms with Crippen molar-refractivity contribution in [1.82, 2.24) is 0 Å². The molecule has 0 aliphatic heterocycles. The summed E-state index contributed by atoms with van der Waals surface area (Å²) in [6.07, 6.45) is 2.88. The maximum atomic E-state index is 14.0. The lowest BCUT2D eigenvalue weighted by atomic mass is 9.95. The second-order valence-corrected chi connectivity index (χ2v) is 5.02. The van der Waals surface area contributed by atoms with E-state index in [4.69, 9.17) is 20.4 Å². The predicted molar refractivity (Wildman–Crippen MR) is 72.5 cm³/mol. The van der Waals surface area contributed by atoms with Gasteiger partial charge in [-0.1, -0.05) is 5.16 Å². The molecular weight excluding hydrogens is 282 g/mol. The number of amidine groups is 1. The van der Waals surface area contributed by atoms with Gasteiger partial charge in [-0.05, 0) is 31.4 Å². The van der Waals surface area contributed by atoms with Crippen molar-refractivity contribution in [1.29, 1.82) is 0 Å². The zero-order valence-electron chi connectivity index (χ0n) is 11.7. The standard InChI is InChI=1S/C14H18F2N2O3/c1-20-9-3-2-4-10(7-9)21-13-11(15)5-8(6-12(13)16)14(17)18-19/h5-6,9-10,19H,2-4,7H2,1H3,(H2,17,18). The summed E-state index contributed by atoms with van der Waals surface area (Å²) in [5.41, 5.74) is 5.27. The van der Waals surface area contributed by atoms with Gasteiger partial charge >= 0.3 is 0 Å². The second-order valence-electron chi connectivity index (χ2n) is 5.02. The Bertz CT molecular complexity index is 514. The van der Waals surface area contributed by atoms with Crippen LogP contribution in [-0.2, 0) is 4.74 Å². The van der Waals surface area contributed by atoms with Gasteiger partial charge in [0.05, 0.1) is 6.10 Å². The predicted octanol–water partition coefficient (Wildman–Crippen LogP) is 2.40. The van der Waals surface area contributed by atoms with Crippen LogP contribution < -0.4 is 10.5 Å². The lowest BCUT2D eigenvalue weighted by Crippen LogP contribution is -2.30. The average molecular weight is 300 g/mol. The molecule has 1 aliphatic carbocycles. The quantitative estimate of drug-likeness (QED) is 0.387. The number of rotatable bonds is 4. The van der Waals surface area contributed by atoms with Crippen molar-refractivity contribution in [2.75, 3.05) is 7.11 Å². The summed E-state index contributed by atoms with van der Waals surface area (Å²) < 4.78 is 38.6. The molecule has 1 saturated carbocycles. The molecule has 0 aromatic heterocycles. The summed E-state index contributed by atoms with van der Waals surface area (Å²) in [5, 5.41) is 11.2. The van der Waals surface area contributed by atoms with Crippen LogP contribution in [-0.4, -0.2) is 30.4 Å². The molecule has 5 nitrogen and oxygen atoms in total. The van der Waals surface area contributed by atoms with E-state index in [1.807, 2.05) is 0 Å². The van der Waals surface area contributed by atoms with Crippen LogP contribution in [0, 0.1) is 11.6 Å². The number of hydrogen-bond acceptors (Lipinski definition) is 4. The molecule has 0 spiro atoms. The molecule has 3 N–H and O–H groups in total. The summed E-state index contributed by atoms with van der Waals surface area (Å²) in [5.74, 6) is -2.56. The maximum Gasteiger partial charge on any atom is 0.191 e. The maximum absolute atomic E-state index is 14.0. The van der Waals surface area contributed by atoms with Crippen LogP contribution in [0.2, 0.25) is 0 Å². The van der Waals surface area contributed by atoms with Crippen LogP contribution in [0.5, 0.6) is 5.75 Å². The molecule has 21 heavy (non-hydrogen) atoms. The molecule has 1 aromatic rings. The van der Waals surface area contributed by atoms with E-state index in [2.05, 4.69) is 5.16 Å². The van der Waals surface area contributed by atoms with Crippen LogP contribution in [0.15, 0.2) is 17.3 Å². The Morgan fingerprint density at radius 3 is 2.48 bits per heavy atom. The van der Waals surface area contributed by atoms with Crippen molar-refractivity contribution in [3.8, 4) is 5.75 Å². The molecule has 1 aromatic carbocycles. The van der Waals surface area contributed by atoms with Gasteiger partial charge in [0.2, 0.25) is 0 Å². The fourth-order valence-electron chi connectivity index (χ4n) is 2.47. The van der Waals surface area contributed by atoms with E-state index < -0.39 is 17.4 Å². The van der Waals surface area contributed by atoms with Gasteiger partial charge in [0.15, 0.2) is 23.2 Å². The number of nitrogens with two attached hydrogens (primary N) is 1. The summed E-state index contributed by atoms with van der Waals surface area (Å²) in [4.78, 5) is 0. The summed E-state index contributed by atoms with van der Waals surface area (Å²) in [7, 11) is 1.61. The van der Waals surface area contributed by atoms with Crippen LogP contribution in [0.3, 0.4) is 0 Å². The van der Waals surface area contributed by atoms with Crippen molar-refractivity contribution in [3.05, 3.63) is 29.3 Å². The van der Waals surface area contributed by atoms with E-state index in [9.17, 15) is 8.78 Å². The van der Waals surface area contributed by atoms with Gasteiger partial charge in [0.1, 0.15) is 6.10 Å². The molecule has 0 amide bonds. The van der Waals surface area contributed by atoms with Crippen molar-refractivity contribution in [2.24, 2.45) is 10.9 Å². The van der Waals surface area contributed by atoms with E-state index >= 15 is 0 Å². The fourth-order valence-corrected chi connectivity index (χ4v) is 2.47. The number of ether oxygens (including phenoxy) is 2. The Labute approximate surface area is 121 Å². The SMILES string of the molecule is COC1CCCC(Oc2c(F)cc(C(N)=NO)cc2F)C1. The third-order valence-electron chi connectivity index (χ3n) is 3.60. The molecule has 0 bridgehead atoms. The lowest BCUT2D eigenvalue weighted by molar-refractivity contribution is 0.0184. The highest BCUT2D eigenvalue weighted by Crippen LogP contribution is 2.29. The smallest absolute Gasteiger partial charge is 0.191 e. The molecule has 1 fully saturated rings. The first-order valence-electron chi connectivity index (χ1n) is 6.71. The molecule has 116 valence electrons. The zero-order chi connectivity index (χ0) is 15.4. The van der Waals surface area contributed by atoms with Gasteiger partial charge in [-0.15, -0.1) is 0 Å². The van der Waals surface area contributed by atoms with E-state index in [0.717, 1.165) is 31.4 Å². The molecule has 2 atom stereocenters. The highest BCUT2D eigenvalue weighted by atomic mass is 19.1. The molecule has 0 saturated heterocycles. The number of halogens is 2. The minimum Gasteiger partial charge on any atom is -0.484 e. The number of methoxy groups -OCH3 is 1. The summed E-state index contributed by atoms with van der Waals surface area (Å²) in [6.45, 7) is 0. The van der Waals surface area contributed by atoms with Gasteiger partial charge in [0, 0.05) is 19.1 Å². The van der Waals surface area contributed by atoms with E-state index in [1.165, 1.54) is 0 Å². The Morgan fingerprint density at radius 1 is 1.29 bits per heavy atom. The van der Waals surface area contributed by atoms with E-state index in [1.54, 1.807) is 7.11 Å². The Balaban J connectivity index is 2.17.